The third-order valence-electron chi connectivity index (χ3n) is 3.48. The maximum atomic E-state index is 11.9. The van der Waals surface area contributed by atoms with Gasteiger partial charge in [0.1, 0.15) is 11.6 Å². The topological polar surface area (TPSA) is 69.0 Å². The number of aryl methyl sites for hydroxylation is 1. The van der Waals surface area contributed by atoms with Crippen molar-refractivity contribution in [3.63, 3.8) is 0 Å². The molecule has 0 aliphatic heterocycles. The van der Waals surface area contributed by atoms with Gasteiger partial charge in [-0.2, -0.15) is 0 Å². The lowest BCUT2D eigenvalue weighted by molar-refractivity contribution is -0.119. The summed E-state index contributed by atoms with van der Waals surface area (Å²) in [6.07, 6.45) is 0.914. The van der Waals surface area contributed by atoms with Gasteiger partial charge in [0.2, 0.25) is 5.91 Å². The van der Waals surface area contributed by atoms with Gasteiger partial charge < -0.3 is 10.1 Å². The average molecular weight is 334 g/mol. The van der Waals surface area contributed by atoms with Crippen molar-refractivity contribution in [1.82, 2.24) is 20.1 Å². The molecule has 1 N–H and O–H groups in total. The first-order chi connectivity index (χ1) is 11.0. The first kappa shape index (κ1) is 17.3. The normalized spacial score (nSPS) is 12.0. The fraction of sp³-hybridized carbons (Fsp3) is 0.438. The monoisotopic (exact) mass is 334 g/mol. The maximum absolute atomic E-state index is 11.9. The Kier molecular flexibility index (Phi) is 6.04. The number of ether oxygens (including phenoxy) is 1. The first-order valence-corrected chi connectivity index (χ1v) is 8.52. The van der Waals surface area contributed by atoms with Crippen molar-refractivity contribution in [3.8, 4) is 11.4 Å². The first-order valence-electron chi connectivity index (χ1n) is 7.53. The summed E-state index contributed by atoms with van der Waals surface area (Å²) < 4.78 is 7.11. The fourth-order valence-electron chi connectivity index (χ4n) is 2.01. The minimum atomic E-state index is 0.00582. The molecule has 1 aromatic carbocycles. The van der Waals surface area contributed by atoms with Crippen LogP contribution >= 0.6 is 11.8 Å². The Balaban J connectivity index is 2.10. The summed E-state index contributed by atoms with van der Waals surface area (Å²) in [7, 11) is 1.64. The van der Waals surface area contributed by atoms with E-state index in [1.54, 1.807) is 7.11 Å². The fourth-order valence-corrected chi connectivity index (χ4v) is 2.82. The van der Waals surface area contributed by atoms with Crippen LogP contribution in [0.2, 0.25) is 0 Å². The van der Waals surface area contributed by atoms with Gasteiger partial charge in [0.25, 0.3) is 0 Å². The van der Waals surface area contributed by atoms with Crippen molar-refractivity contribution in [2.75, 3.05) is 12.9 Å². The van der Waals surface area contributed by atoms with Crippen LogP contribution in [-0.2, 0) is 4.79 Å². The van der Waals surface area contributed by atoms with E-state index in [-0.39, 0.29) is 11.9 Å². The van der Waals surface area contributed by atoms with E-state index in [1.807, 2.05) is 49.6 Å². The van der Waals surface area contributed by atoms with Crippen LogP contribution in [0.15, 0.2) is 29.4 Å². The molecule has 1 atom stereocenters. The van der Waals surface area contributed by atoms with Gasteiger partial charge in [0.05, 0.1) is 12.9 Å². The minimum Gasteiger partial charge on any atom is -0.497 e. The number of hydrogen-bond donors (Lipinski definition) is 1. The third kappa shape index (κ3) is 4.48. The summed E-state index contributed by atoms with van der Waals surface area (Å²) in [6, 6.07) is 7.85. The van der Waals surface area contributed by atoms with E-state index in [9.17, 15) is 4.79 Å². The molecule has 0 saturated heterocycles. The molecule has 0 bridgehead atoms. The van der Waals surface area contributed by atoms with Gasteiger partial charge in [-0.05, 0) is 44.5 Å². The number of aromatic nitrogens is 3. The van der Waals surface area contributed by atoms with E-state index in [0.29, 0.717) is 10.9 Å². The van der Waals surface area contributed by atoms with E-state index in [4.69, 9.17) is 4.74 Å². The van der Waals surface area contributed by atoms with Crippen molar-refractivity contribution in [2.45, 2.75) is 38.4 Å². The maximum Gasteiger partial charge on any atom is 0.230 e. The number of amides is 1. The Morgan fingerprint density at radius 1 is 1.35 bits per heavy atom. The SMILES string of the molecule is CCC(C)NC(=O)CSc1nnc(C)n1-c1ccc(OC)cc1. The van der Waals surface area contributed by atoms with Gasteiger partial charge in [0, 0.05) is 11.7 Å². The number of nitrogens with one attached hydrogen (secondary N) is 1. The second kappa shape index (κ2) is 8.01. The number of benzene rings is 1. The zero-order chi connectivity index (χ0) is 16.8. The lowest BCUT2D eigenvalue weighted by Crippen LogP contribution is -2.33. The lowest BCUT2D eigenvalue weighted by Gasteiger charge is -2.12. The van der Waals surface area contributed by atoms with Crippen molar-refractivity contribution in [2.24, 2.45) is 0 Å². The molecule has 1 unspecified atom stereocenters. The van der Waals surface area contributed by atoms with Crippen LogP contribution in [0.5, 0.6) is 5.75 Å². The van der Waals surface area contributed by atoms with Gasteiger partial charge in [-0.1, -0.05) is 18.7 Å². The zero-order valence-corrected chi connectivity index (χ0v) is 14.7. The Morgan fingerprint density at radius 3 is 2.65 bits per heavy atom. The predicted octanol–water partition coefficient (Wildman–Crippen LogP) is 2.59. The highest BCUT2D eigenvalue weighted by molar-refractivity contribution is 7.99. The number of carbonyl (C=O) groups is 1. The molecule has 0 fully saturated rings. The lowest BCUT2D eigenvalue weighted by atomic mass is 10.3. The van der Waals surface area contributed by atoms with Crippen molar-refractivity contribution >= 4 is 17.7 Å². The molecule has 0 aliphatic rings. The highest BCUT2D eigenvalue weighted by Crippen LogP contribution is 2.23. The molecule has 1 aromatic heterocycles. The molecular weight excluding hydrogens is 312 g/mol. The summed E-state index contributed by atoms with van der Waals surface area (Å²) in [4.78, 5) is 11.9. The standard InChI is InChI=1S/C16H22N4O2S/c1-5-11(2)17-15(21)10-23-16-19-18-12(3)20(16)13-6-8-14(22-4)9-7-13/h6-9,11H,5,10H2,1-4H3,(H,17,21). The Morgan fingerprint density at radius 2 is 2.04 bits per heavy atom. The molecule has 2 aromatic rings. The van der Waals surface area contributed by atoms with E-state index < -0.39 is 0 Å². The molecule has 1 heterocycles. The highest BCUT2D eigenvalue weighted by atomic mass is 32.2. The summed E-state index contributed by atoms with van der Waals surface area (Å²) in [5, 5.41) is 11.9. The number of carbonyl (C=O) groups excluding carboxylic acids is 1. The van der Waals surface area contributed by atoms with Crippen molar-refractivity contribution in [1.29, 1.82) is 0 Å². The van der Waals surface area contributed by atoms with E-state index in [2.05, 4.69) is 15.5 Å². The molecule has 0 radical (unpaired) electrons. The zero-order valence-electron chi connectivity index (χ0n) is 13.9. The molecule has 23 heavy (non-hydrogen) atoms. The van der Waals surface area contributed by atoms with Gasteiger partial charge >= 0.3 is 0 Å². The van der Waals surface area contributed by atoms with Gasteiger partial charge in [-0.25, -0.2) is 0 Å². The van der Waals surface area contributed by atoms with Crippen molar-refractivity contribution < 1.29 is 9.53 Å². The largest absolute Gasteiger partial charge is 0.497 e. The van der Waals surface area contributed by atoms with E-state index in [1.165, 1.54) is 11.8 Å². The highest BCUT2D eigenvalue weighted by Gasteiger charge is 2.14. The van der Waals surface area contributed by atoms with E-state index >= 15 is 0 Å². The number of methoxy groups -OCH3 is 1. The molecule has 124 valence electrons. The molecule has 1 amide bonds. The summed E-state index contributed by atoms with van der Waals surface area (Å²) in [6.45, 7) is 5.93. The molecule has 2 rings (SSSR count). The molecule has 0 saturated carbocycles. The average Bonchev–Trinajstić information content (AvgIpc) is 2.93. The molecule has 0 spiro atoms. The minimum absolute atomic E-state index is 0.00582. The van der Waals surface area contributed by atoms with Crippen LogP contribution in [0.4, 0.5) is 0 Å². The number of thioether (sulfide) groups is 1. The quantitative estimate of drug-likeness (QED) is 0.788. The summed E-state index contributed by atoms with van der Waals surface area (Å²) >= 11 is 1.38. The van der Waals surface area contributed by atoms with E-state index in [0.717, 1.165) is 23.7 Å². The van der Waals surface area contributed by atoms with Crippen LogP contribution in [0.1, 0.15) is 26.1 Å². The van der Waals surface area contributed by atoms with Gasteiger partial charge in [-0.15, -0.1) is 10.2 Å². The molecule has 6 nitrogen and oxygen atoms in total. The third-order valence-corrected chi connectivity index (χ3v) is 4.41. The number of hydrogen-bond acceptors (Lipinski definition) is 5. The van der Waals surface area contributed by atoms with Gasteiger partial charge in [0.15, 0.2) is 5.16 Å². The van der Waals surface area contributed by atoms with Crippen LogP contribution in [0, 0.1) is 6.92 Å². The molecule has 0 aliphatic carbocycles. The van der Waals surface area contributed by atoms with Crippen LogP contribution in [0.3, 0.4) is 0 Å². The Bertz CT molecular complexity index is 655. The molecular formula is C16H22N4O2S. The second-order valence-corrected chi connectivity index (χ2v) is 6.17. The van der Waals surface area contributed by atoms with Crippen molar-refractivity contribution in [3.05, 3.63) is 30.1 Å². The summed E-state index contributed by atoms with van der Waals surface area (Å²) in [5.74, 6) is 1.89. The predicted molar refractivity (Wildman–Crippen MR) is 91.3 cm³/mol. The van der Waals surface area contributed by atoms with Crippen LogP contribution in [-0.4, -0.2) is 39.6 Å². The smallest absolute Gasteiger partial charge is 0.230 e. The Labute approximate surface area is 140 Å². The molecule has 7 heteroatoms. The van der Waals surface area contributed by atoms with Crippen LogP contribution in [0.25, 0.3) is 5.69 Å². The summed E-state index contributed by atoms with van der Waals surface area (Å²) in [5.41, 5.74) is 0.943. The van der Waals surface area contributed by atoms with Gasteiger partial charge in [-0.3, -0.25) is 9.36 Å². The van der Waals surface area contributed by atoms with Crippen LogP contribution < -0.4 is 10.1 Å². The number of nitrogens with zero attached hydrogens (tertiary/aromatic N) is 3. The number of rotatable bonds is 7. The second-order valence-electron chi connectivity index (χ2n) is 5.23. The Hall–Kier alpha value is -2.02.